The Hall–Kier alpha value is -3.32. The van der Waals surface area contributed by atoms with Gasteiger partial charge in [0.25, 0.3) is 0 Å². The van der Waals surface area contributed by atoms with Gasteiger partial charge < -0.3 is 4.74 Å². The van der Waals surface area contributed by atoms with Crippen molar-refractivity contribution in [2.24, 2.45) is 0 Å². The molecule has 0 spiro atoms. The van der Waals surface area contributed by atoms with Crippen LogP contribution in [0.25, 0.3) is 38.0 Å². The number of aromatic nitrogens is 5. The van der Waals surface area contributed by atoms with Gasteiger partial charge in [-0.25, -0.2) is 4.98 Å². The lowest BCUT2D eigenvalue weighted by Crippen LogP contribution is -1.92. The highest BCUT2D eigenvalue weighted by molar-refractivity contribution is 7.19. The molecule has 3 aromatic heterocycles. The second-order valence-electron chi connectivity index (χ2n) is 5.72. The first-order valence-electron chi connectivity index (χ1n) is 8.05. The molecule has 0 saturated heterocycles. The molecule has 0 aliphatic heterocycles. The third kappa shape index (κ3) is 2.33. The number of ether oxygens (including phenoxy) is 1. The van der Waals surface area contributed by atoms with Crippen molar-refractivity contribution in [3.63, 3.8) is 0 Å². The number of fused-ring (bicyclic) bond motifs is 2. The summed E-state index contributed by atoms with van der Waals surface area (Å²) in [6.07, 6.45) is 0. The summed E-state index contributed by atoms with van der Waals surface area (Å²) in [6, 6.07) is 19.8. The predicted molar refractivity (Wildman–Crippen MR) is 101 cm³/mol. The maximum atomic E-state index is 5.43. The van der Waals surface area contributed by atoms with Crippen LogP contribution in [0.15, 0.2) is 60.7 Å². The van der Waals surface area contributed by atoms with Crippen LogP contribution < -0.4 is 4.74 Å². The second-order valence-corrected chi connectivity index (χ2v) is 6.68. The fourth-order valence-electron chi connectivity index (χ4n) is 2.89. The maximum absolute atomic E-state index is 5.43. The number of rotatable bonds is 3. The summed E-state index contributed by atoms with van der Waals surface area (Å²) in [6.45, 7) is 0. The predicted octanol–water partition coefficient (Wildman–Crippen LogP) is 4.08. The summed E-state index contributed by atoms with van der Waals surface area (Å²) in [7, 11) is 1.65. The first-order chi connectivity index (χ1) is 12.8. The normalized spacial score (nSPS) is 11.3. The van der Waals surface area contributed by atoms with Crippen LogP contribution >= 0.6 is 11.3 Å². The molecule has 0 aliphatic rings. The summed E-state index contributed by atoms with van der Waals surface area (Å²) < 4.78 is 7.20. The molecular weight excluding hydrogens is 346 g/mol. The Bertz CT molecular complexity index is 1230. The monoisotopic (exact) mass is 359 g/mol. The molecule has 0 bridgehead atoms. The zero-order valence-corrected chi connectivity index (χ0v) is 14.6. The van der Waals surface area contributed by atoms with Crippen LogP contribution in [0.3, 0.4) is 0 Å². The van der Waals surface area contributed by atoms with Crippen LogP contribution in [0, 0.1) is 0 Å². The van der Waals surface area contributed by atoms with E-state index in [4.69, 9.17) is 9.72 Å². The van der Waals surface area contributed by atoms with E-state index < -0.39 is 0 Å². The largest absolute Gasteiger partial charge is 0.494 e. The van der Waals surface area contributed by atoms with Crippen molar-refractivity contribution in [2.45, 2.75) is 0 Å². The Kier molecular flexibility index (Phi) is 3.39. The number of benzene rings is 2. The topological polar surface area (TPSA) is 65.2 Å². The lowest BCUT2D eigenvalue weighted by Gasteiger charge is -2.05. The zero-order chi connectivity index (χ0) is 17.5. The number of hydrogen-bond acceptors (Lipinski definition) is 6. The smallest absolute Gasteiger partial charge is 0.235 e. The van der Waals surface area contributed by atoms with E-state index in [2.05, 4.69) is 15.3 Å². The summed E-state index contributed by atoms with van der Waals surface area (Å²) in [4.78, 5) is 5.49. The highest BCUT2D eigenvalue weighted by atomic mass is 32.1. The van der Waals surface area contributed by atoms with Gasteiger partial charge in [0.2, 0.25) is 4.96 Å². The fraction of sp³-hybridized carbons (Fsp3) is 0.0526. The van der Waals surface area contributed by atoms with Gasteiger partial charge in [-0.1, -0.05) is 59.9 Å². The van der Waals surface area contributed by atoms with Gasteiger partial charge in [0.15, 0.2) is 10.8 Å². The molecule has 0 aliphatic carbocycles. The first-order valence-corrected chi connectivity index (χ1v) is 8.87. The van der Waals surface area contributed by atoms with Crippen molar-refractivity contribution >= 4 is 27.2 Å². The molecule has 5 aromatic rings. The molecule has 26 heavy (non-hydrogen) atoms. The number of hydrogen-bond donors (Lipinski definition) is 0. The third-order valence-electron chi connectivity index (χ3n) is 4.15. The zero-order valence-electron chi connectivity index (χ0n) is 13.8. The summed E-state index contributed by atoms with van der Waals surface area (Å²) >= 11 is 1.46. The molecule has 6 nitrogen and oxygen atoms in total. The molecule has 7 heteroatoms. The number of pyridine rings is 1. The van der Waals surface area contributed by atoms with E-state index in [1.165, 1.54) is 11.3 Å². The van der Waals surface area contributed by atoms with Gasteiger partial charge in [0.05, 0.1) is 7.11 Å². The quantitative estimate of drug-likeness (QED) is 0.486. The molecule has 126 valence electrons. The lowest BCUT2D eigenvalue weighted by molar-refractivity contribution is 0.419. The van der Waals surface area contributed by atoms with Crippen molar-refractivity contribution in [1.82, 2.24) is 24.8 Å². The van der Waals surface area contributed by atoms with Crippen LogP contribution in [0.1, 0.15) is 0 Å². The van der Waals surface area contributed by atoms with E-state index in [1.807, 2.05) is 60.7 Å². The maximum Gasteiger partial charge on any atom is 0.235 e. The Labute approximate surface area is 152 Å². The molecule has 0 radical (unpaired) electrons. The molecule has 3 heterocycles. The van der Waals surface area contributed by atoms with E-state index in [1.54, 1.807) is 11.6 Å². The van der Waals surface area contributed by atoms with Crippen molar-refractivity contribution < 1.29 is 4.74 Å². The first kappa shape index (κ1) is 15.0. The summed E-state index contributed by atoms with van der Waals surface area (Å²) in [5.41, 5.74) is 2.59. The Morgan fingerprint density at radius 1 is 0.923 bits per heavy atom. The van der Waals surface area contributed by atoms with Crippen LogP contribution in [0.5, 0.6) is 5.75 Å². The molecule has 0 N–H and O–H groups in total. The van der Waals surface area contributed by atoms with Gasteiger partial charge in [-0.2, -0.15) is 9.61 Å². The minimum absolute atomic E-state index is 0.724. The van der Waals surface area contributed by atoms with Gasteiger partial charge in [-0.3, -0.25) is 0 Å². The highest BCUT2D eigenvalue weighted by Gasteiger charge is 2.15. The lowest BCUT2D eigenvalue weighted by atomic mass is 10.2. The average Bonchev–Trinajstić information content (AvgIpc) is 3.28. The second kappa shape index (κ2) is 5.89. The molecule has 0 unspecified atom stereocenters. The van der Waals surface area contributed by atoms with Crippen molar-refractivity contribution in [3.8, 4) is 27.8 Å². The van der Waals surface area contributed by atoms with Crippen LogP contribution in [-0.2, 0) is 0 Å². The minimum atomic E-state index is 0.724. The van der Waals surface area contributed by atoms with E-state index >= 15 is 0 Å². The third-order valence-corrected chi connectivity index (χ3v) is 5.07. The van der Waals surface area contributed by atoms with Crippen molar-refractivity contribution in [1.29, 1.82) is 0 Å². The Morgan fingerprint density at radius 3 is 2.65 bits per heavy atom. The van der Waals surface area contributed by atoms with Crippen LogP contribution in [-0.4, -0.2) is 31.9 Å². The SMILES string of the molecule is COc1cccc2ccc(-c3nn4c(-c5ccccc5)nnc4s3)nc12. The molecular formula is C19H13N5OS. The Balaban J connectivity index is 1.66. The van der Waals surface area contributed by atoms with Crippen LogP contribution in [0.4, 0.5) is 0 Å². The standard InChI is InChI=1S/C19H13N5OS/c1-25-15-9-5-8-12-10-11-14(20-16(12)15)18-23-24-17(21-22-19(24)26-18)13-6-3-2-4-7-13/h2-11H,1H3. The average molecular weight is 359 g/mol. The molecule has 0 saturated carbocycles. The molecule has 2 aromatic carbocycles. The summed E-state index contributed by atoms with van der Waals surface area (Å²) in [5, 5.41) is 15.0. The van der Waals surface area contributed by atoms with E-state index in [-0.39, 0.29) is 0 Å². The fourth-order valence-corrected chi connectivity index (χ4v) is 3.70. The van der Waals surface area contributed by atoms with Gasteiger partial charge in [0.1, 0.15) is 17.0 Å². The van der Waals surface area contributed by atoms with Gasteiger partial charge >= 0.3 is 0 Å². The van der Waals surface area contributed by atoms with Crippen molar-refractivity contribution in [2.75, 3.05) is 7.11 Å². The van der Waals surface area contributed by atoms with Crippen LogP contribution in [0.2, 0.25) is 0 Å². The van der Waals surface area contributed by atoms with Gasteiger partial charge in [-0.15, -0.1) is 10.2 Å². The molecule has 0 atom stereocenters. The number of nitrogens with zero attached hydrogens (tertiary/aromatic N) is 5. The van der Waals surface area contributed by atoms with E-state index in [0.717, 1.165) is 43.7 Å². The number of para-hydroxylation sites is 1. The number of methoxy groups -OCH3 is 1. The Morgan fingerprint density at radius 2 is 1.81 bits per heavy atom. The molecule has 5 rings (SSSR count). The van der Waals surface area contributed by atoms with Crippen molar-refractivity contribution in [3.05, 3.63) is 60.7 Å². The highest BCUT2D eigenvalue weighted by Crippen LogP contribution is 2.30. The van der Waals surface area contributed by atoms with E-state index in [0.29, 0.717) is 0 Å². The summed E-state index contributed by atoms with van der Waals surface area (Å²) in [5.74, 6) is 1.47. The molecule has 0 amide bonds. The van der Waals surface area contributed by atoms with Gasteiger partial charge in [0, 0.05) is 10.9 Å². The van der Waals surface area contributed by atoms with Gasteiger partial charge in [-0.05, 0) is 12.1 Å². The minimum Gasteiger partial charge on any atom is -0.494 e. The molecule has 0 fully saturated rings. The van der Waals surface area contributed by atoms with E-state index in [9.17, 15) is 0 Å².